The predicted octanol–water partition coefficient (Wildman–Crippen LogP) is 1.95. The van der Waals surface area contributed by atoms with Crippen molar-refractivity contribution in [2.45, 2.75) is 32.6 Å². The van der Waals surface area contributed by atoms with Gasteiger partial charge in [-0.15, -0.1) is 10.2 Å². The average molecular weight is 274 g/mol. The van der Waals surface area contributed by atoms with Gasteiger partial charge in [0.2, 0.25) is 0 Å². The van der Waals surface area contributed by atoms with Gasteiger partial charge in [0.25, 0.3) is 5.91 Å². The second kappa shape index (κ2) is 5.77. The number of likely N-dealkylation sites (tertiary alicyclic amines) is 1. The number of amides is 1. The molecule has 0 N–H and O–H groups in total. The Bertz CT molecular complexity index is 459. The van der Waals surface area contributed by atoms with Crippen molar-refractivity contribution in [2.24, 2.45) is 5.92 Å². The molecule has 5 heteroatoms. The van der Waals surface area contributed by atoms with Crippen LogP contribution in [0.5, 0.6) is 0 Å². The zero-order chi connectivity index (χ0) is 13.9. The molecule has 0 bridgehead atoms. The van der Waals surface area contributed by atoms with E-state index in [0.717, 1.165) is 50.8 Å². The van der Waals surface area contributed by atoms with Crippen LogP contribution in [0.15, 0.2) is 12.1 Å². The summed E-state index contributed by atoms with van der Waals surface area (Å²) in [5.41, 5.74) is 0.475. The Labute approximate surface area is 120 Å². The SMILES string of the molecule is CC1CCN(C(=O)c2ccc(N3CCCC3)nn2)CC1. The second-order valence-corrected chi connectivity index (χ2v) is 5.95. The first-order valence-electron chi connectivity index (χ1n) is 7.62. The van der Waals surface area contributed by atoms with Gasteiger partial charge in [-0.3, -0.25) is 4.79 Å². The van der Waals surface area contributed by atoms with Crippen LogP contribution in [0.25, 0.3) is 0 Å². The van der Waals surface area contributed by atoms with Gasteiger partial charge in [-0.2, -0.15) is 0 Å². The van der Waals surface area contributed by atoms with Crippen molar-refractivity contribution < 1.29 is 4.79 Å². The number of piperidine rings is 1. The third kappa shape index (κ3) is 2.76. The summed E-state index contributed by atoms with van der Waals surface area (Å²) in [6.07, 6.45) is 4.61. The Morgan fingerprint density at radius 3 is 2.40 bits per heavy atom. The smallest absolute Gasteiger partial charge is 0.274 e. The Morgan fingerprint density at radius 1 is 1.10 bits per heavy atom. The molecule has 0 saturated carbocycles. The van der Waals surface area contributed by atoms with Crippen LogP contribution in [0.1, 0.15) is 43.1 Å². The molecule has 2 saturated heterocycles. The predicted molar refractivity (Wildman–Crippen MR) is 77.8 cm³/mol. The summed E-state index contributed by atoms with van der Waals surface area (Å²) in [5.74, 6) is 1.64. The summed E-state index contributed by atoms with van der Waals surface area (Å²) in [6.45, 7) is 6.02. The number of hydrogen-bond acceptors (Lipinski definition) is 4. The molecule has 0 aromatic carbocycles. The summed E-state index contributed by atoms with van der Waals surface area (Å²) in [4.78, 5) is 16.5. The number of anilines is 1. The quantitative estimate of drug-likeness (QED) is 0.827. The molecule has 1 amide bonds. The highest BCUT2D eigenvalue weighted by Crippen LogP contribution is 2.19. The van der Waals surface area contributed by atoms with Gasteiger partial charge in [-0.25, -0.2) is 0 Å². The molecule has 2 fully saturated rings. The normalized spacial score (nSPS) is 20.4. The Hall–Kier alpha value is -1.65. The standard InChI is InChI=1S/C15H22N4O/c1-12-6-10-19(11-7-12)15(20)13-4-5-14(17-16-13)18-8-2-3-9-18/h4-5,12H,2-3,6-11H2,1H3. The van der Waals surface area contributed by atoms with Crippen LogP contribution in [0.4, 0.5) is 5.82 Å². The van der Waals surface area contributed by atoms with E-state index < -0.39 is 0 Å². The van der Waals surface area contributed by atoms with Crippen molar-refractivity contribution >= 4 is 11.7 Å². The Kier molecular flexibility index (Phi) is 3.85. The maximum absolute atomic E-state index is 12.3. The fourth-order valence-corrected chi connectivity index (χ4v) is 2.93. The van der Waals surface area contributed by atoms with E-state index in [1.807, 2.05) is 17.0 Å². The number of carbonyl (C=O) groups excluding carboxylic acids is 1. The van der Waals surface area contributed by atoms with Crippen LogP contribution in [0.3, 0.4) is 0 Å². The highest BCUT2D eigenvalue weighted by atomic mass is 16.2. The molecule has 5 nitrogen and oxygen atoms in total. The van der Waals surface area contributed by atoms with E-state index in [9.17, 15) is 4.79 Å². The molecule has 2 aliphatic rings. The molecule has 1 aromatic heterocycles. The van der Waals surface area contributed by atoms with Crippen molar-refractivity contribution in [3.05, 3.63) is 17.8 Å². The van der Waals surface area contributed by atoms with Crippen LogP contribution in [-0.2, 0) is 0 Å². The van der Waals surface area contributed by atoms with E-state index in [0.29, 0.717) is 5.69 Å². The third-order valence-corrected chi connectivity index (χ3v) is 4.37. The van der Waals surface area contributed by atoms with Gasteiger partial charge in [-0.05, 0) is 43.7 Å². The lowest BCUT2D eigenvalue weighted by Gasteiger charge is -2.29. The molecular weight excluding hydrogens is 252 g/mol. The first kappa shape index (κ1) is 13.3. The topological polar surface area (TPSA) is 49.3 Å². The van der Waals surface area contributed by atoms with E-state index in [1.165, 1.54) is 12.8 Å². The monoisotopic (exact) mass is 274 g/mol. The fourth-order valence-electron chi connectivity index (χ4n) is 2.93. The van der Waals surface area contributed by atoms with Crippen LogP contribution < -0.4 is 4.90 Å². The van der Waals surface area contributed by atoms with Crippen molar-refractivity contribution in [3.63, 3.8) is 0 Å². The number of aromatic nitrogens is 2. The molecule has 0 radical (unpaired) electrons. The molecule has 1 aromatic rings. The molecule has 0 spiro atoms. The van der Waals surface area contributed by atoms with Gasteiger partial charge in [0.1, 0.15) is 0 Å². The minimum atomic E-state index is 0.0253. The van der Waals surface area contributed by atoms with Gasteiger partial charge < -0.3 is 9.80 Å². The van der Waals surface area contributed by atoms with E-state index >= 15 is 0 Å². The largest absolute Gasteiger partial charge is 0.355 e. The molecule has 3 heterocycles. The molecule has 20 heavy (non-hydrogen) atoms. The van der Waals surface area contributed by atoms with Gasteiger partial charge in [0.15, 0.2) is 11.5 Å². The third-order valence-electron chi connectivity index (χ3n) is 4.37. The lowest BCUT2D eigenvalue weighted by Crippen LogP contribution is -2.38. The van der Waals surface area contributed by atoms with E-state index in [4.69, 9.17) is 0 Å². The molecule has 2 aliphatic heterocycles. The number of hydrogen-bond donors (Lipinski definition) is 0. The molecule has 0 atom stereocenters. The molecular formula is C15H22N4O. The van der Waals surface area contributed by atoms with Gasteiger partial charge >= 0.3 is 0 Å². The van der Waals surface area contributed by atoms with Crippen LogP contribution in [-0.4, -0.2) is 47.2 Å². The summed E-state index contributed by atoms with van der Waals surface area (Å²) in [5, 5.41) is 8.35. The van der Waals surface area contributed by atoms with Crippen LogP contribution in [0.2, 0.25) is 0 Å². The Balaban J connectivity index is 1.66. The summed E-state index contributed by atoms with van der Waals surface area (Å²) < 4.78 is 0. The maximum atomic E-state index is 12.3. The molecule has 0 aliphatic carbocycles. The number of carbonyl (C=O) groups is 1. The second-order valence-electron chi connectivity index (χ2n) is 5.95. The zero-order valence-electron chi connectivity index (χ0n) is 12.1. The molecule has 3 rings (SSSR count). The van der Waals surface area contributed by atoms with Crippen LogP contribution in [0, 0.1) is 5.92 Å². The summed E-state index contributed by atoms with van der Waals surface area (Å²) in [7, 11) is 0. The lowest BCUT2D eigenvalue weighted by molar-refractivity contribution is 0.0690. The molecule has 108 valence electrons. The van der Waals surface area contributed by atoms with E-state index in [2.05, 4.69) is 22.0 Å². The lowest BCUT2D eigenvalue weighted by atomic mass is 9.99. The number of nitrogens with zero attached hydrogens (tertiary/aromatic N) is 4. The van der Waals surface area contributed by atoms with Gasteiger partial charge in [-0.1, -0.05) is 6.92 Å². The van der Waals surface area contributed by atoms with Gasteiger partial charge in [0, 0.05) is 26.2 Å². The maximum Gasteiger partial charge on any atom is 0.274 e. The van der Waals surface area contributed by atoms with Crippen molar-refractivity contribution in [1.29, 1.82) is 0 Å². The first-order chi connectivity index (χ1) is 9.74. The number of rotatable bonds is 2. The first-order valence-corrected chi connectivity index (χ1v) is 7.62. The summed E-state index contributed by atoms with van der Waals surface area (Å²) >= 11 is 0. The zero-order valence-corrected chi connectivity index (χ0v) is 12.1. The minimum Gasteiger partial charge on any atom is -0.355 e. The fraction of sp³-hybridized carbons (Fsp3) is 0.667. The Morgan fingerprint density at radius 2 is 1.80 bits per heavy atom. The highest BCUT2D eigenvalue weighted by molar-refractivity contribution is 5.92. The average Bonchev–Trinajstić information content (AvgIpc) is 3.02. The van der Waals surface area contributed by atoms with Crippen molar-refractivity contribution in [2.75, 3.05) is 31.1 Å². The van der Waals surface area contributed by atoms with E-state index in [-0.39, 0.29) is 5.91 Å². The summed E-state index contributed by atoms with van der Waals surface area (Å²) in [6, 6.07) is 3.75. The molecule has 0 unspecified atom stereocenters. The van der Waals surface area contributed by atoms with E-state index in [1.54, 1.807) is 0 Å². The van der Waals surface area contributed by atoms with Crippen molar-refractivity contribution in [1.82, 2.24) is 15.1 Å². The highest BCUT2D eigenvalue weighted by Gasteiger charge is 2.23. The van der Waals surface area contributed by atoms with Crippen LogP contribution >= 0.6 is 0 Å². The van der Waals surface area contributed by atoms with Gasteiger partial charge in [0.05, 0.1) is 0 Å². The minimum absolute atomic E-state index is 0.0253. The van der Waals surface area contributed by atoms with Crippen molar-refractivity contribution in [3.8, 4) is 0 Å².